The van der Waals surface area contributed by atoms with Crippen molar-refractivity contribution in [2.75, 3.05) is 0 Å². The fraction of sp³-hybridized carbons (Fsp3) is 0. The molecule has 1 aromatic carbocycles. The number of nitrogens with zero attached hydrogens (tertiary/aromatic N) is 1. The Hall–Kier alpha value is -1.92. The molecule has 0 unspecified atom stereocenters. The monoisotopic (exact) mass is 282 g/mol. The van der Waals surface area contributed by atoms with Crippen LogP contribution in [0.25, 0.3) is 11.1 Å². The molecular weight excluding hydrogens is 278 g/mol. The lowest BCUT2D eigenvalue weighted by molar-refractivity contribution is -0.384. The highest BCUT2D eigenvalue weighted by molar-refractivity contribution is 7.18. The summed E-state index contributed by atoms with van der Waals surface area (Å²) in [6.07, 6.45) is 0. The Morgan fingerprint density at radius 1 is 1.28 bits per heavy atom. The molecule has 0 spiro atoms. The van der Waals surface area contributed by atoms with E-state index in [1.54, 1.807) is 0 Å². The van der Waals surface area contributed by atoms with Gasteiger partial charge in [-0.05, 0) is 23.8 Å². The molecule has 18 heavy (non-hydrogen) atoms. The second-order valence-corrected chi connectivity index (χ2v) is 5.07. The zero-order chi connectivity index (χ0) is 13.3. The number of aromatic carboxylic acids is 1. The van der Waals surface area contributed by atoms with E-state index >= 15 is 0 Å². The van der Waals surface area contributed by atoms with Crippen molar-refractivity contribution in [3.05, 3.63) is 49.7 Å². The number of carboxylic acid groups (broad SMARTS) is 1. The van der Waals surface area contributed by atoms with Gasteiger partial charge in [-0.3, -0.25) is 10.1 Å². The third-order valence-corrected chi connectivity index (χ3v) is 3.52. The van der Waals surface area contributed by atoms with E-state index in [4.69, 9.17) is 11.6 Å². The molecule has 5 nitrogen and oxygen atoms in total. The number of hydrogen-bond acceptors (Lipinski definition) is 5. The Morgan fingerprint density at radius 2 is 1.89 bits per heavy atom. The van der Waals surface area contributed by atoms with E-state index in [-0.39, 0.29) is 10.6 Å². The summed E-state index contributed by atoms with van der Waals surface area (Å²) in [5.41, 5.74) is 0.887. The van der Waals surface area contributed by atoms with Gasteiger partial charge < -0.3 is 9.90 Å². The molecule has 0 fully saturated rings. The predicted octanol–water partition coefficient (Wildman–Crippen LogP) is 2.34. The molecule has 0 bridgehead atoms. The second kappa shape index (κ2) is 4.75. The number of carboxylic acids is 1. The predicted molar refractivity (Wildman–Crippen MR) is 65.7 cm³/mol. The first-order chi connectivity index (χ1) is 8.49. The van der Waals surface area contributed by atoms with Crippen LogP contribution in [0.3, 0.4) is 0 Å². The summed E-state index contributed by atoms with van der Waals surface area (Å²) in [6.45, 7) is 0. The van der Waals surface area contributed by atoms with Gasteiger partial charge in [-0.15, -0.1) is 11.3 Å². The van der Waals surface area contributed by atoms with Crippen LogP contribution in [0, 0.1) is 10.1 Å². The number of nitro benzene ring substituents is 1. The van der Waals surface area contributed by atoms with E-state index < -0.39 is 10.9 Å². The lowest BCUT2D eigenvalue weighted by Crippen LogP contribution is -2.21. The molecule has 1 aromatic heterocycles. The van der Waals surface area contributed by atoms with Gasteiger partial charge in [-0.2, -0.15) is 0 Å². The van der Waals surface area contributed by atoms with Gasteiger partial charge in [0.2, 0.25) is 0 Å². The largest absolute Gasteiger partial charge is 0.544 e. The third kappa shape index (κ3) is 2.34. The van der Waals surface area contributed by atoms with Crippen molar-refractivity contribution in [2.45, 2.75) is 0 Å². The number of benzene rings is 1. The Morgan fingerprint density at radius 3 is 2.39 bits per heavy atom. The van der Waals surface area contributed by atoms with E-state index in [9.17, 15) is 20.0 Å². The second-order valence-electron chi connectivity index (χ2n) is 3.38. The van der Waals surface area contributed by atoms with Crippen molar-refractivity contribution in [2.24, 2.45) is 0 Å². The molecule has 7 heteroatoms. The summed E-state index contributed by atoms with van der Waals surface area (Å²) in [5.74, 6) is -1.32. The average molecular weight is 283 g/mol. The highest BCUT2D eigenvalue weighted by atomic mass is 35.5. The summed E-state index contributed by atoms with van der Waals surface area (Å²) in [6, 6.07) is 7.06. The molecule has 0 amide bonds. The maximum absolute atomic E-state index is 10.9. The van der Waals surface area contributed by atoms with E-state index in [2.05, 4.69) is 0 Å². The normalized spacial score (nSPS) is 10.3. The Labute approximate surface area is 110 Å². The molecule has 2 aromatic rings. The Bertz CT molecular complexity index is 620. The fourth-order valence-electron chi connectivity index (χ4n) is 1.49. The van der Waals surface area contributed by atoms with Crippen molar-refractivity contribution in [1.29, 1.82) is 0 Å². The average Bonchev–Trinajstić information content (AvgIpc) is 2.71. The topological polar surface area (TPSA) is 83.3 Å². The summed E-state index contributed by atoms with van der Waals surface area (Å²) in [7, 11) is 0. The van der Waals surface area contributed by atoms with Crippen molar-refractivity contribution >= 4 is 34.6 Å². The number of halogens is 1. The molecule has 0 saturated carbocycles. The van der Waals surface area contributed by atoms with Gasteiger partial charge in [0.05, 0.1) is 20.1 Å². The van der Waals surface area contributed by atoms with Gasteiger partial charge in [-0.1, -0.05) is 11.6 Å². The quantitative estimate of drug-likeness (QED) is 0.639. The first-order valence-electron chi connectivity index (χ1n) is 4.74. The zero-order valence-electron chi connectivity index (χ0n) is 8.75. The van der Waals surface area contributed by atoms with Gasteiger partial charge in [0.1, 0.15) is 0 Å². The van der Waals surface area contributed by atoms with Crippen molar-refractivity contribution < 1.29 is 14.8 Å². The summed E-state index contributed by atoms with van der Waals surface area (Å²) in [5, 5.41) is 21.4. The van der Waals surface area contributed by atoms with Crippen LogP contribution in [-0.4, -0.2) is 10.9 Å². The lowest BCUT2D eigenvalue weighted by Gasteiger charge is -2.04. The van der Waals surface area contributed by atoms with Gasteiger partial charge in [0, 0.05) is 17.7 Å². The van der Waals surface area contributed by atoms with Gasteiger partial charge >= 0.3 is 0 Å². The van der Waals surface area contributed by atoms with Crippen LogP contribution in [0.2, 0.25) is 4.34 Å². The smallest absolute Gasteiger partial charge is 0.269 e. The Balaban J connectivity index is 2.48. The molecule has 1 heterocycles. The fourth-order valence-corrected chi connectivity index (χ4v) is 2.57. The maximum Gasteiger partial charge on any atom is 0.269 e. The molecule has 0 radical (unpaired) electrons. The number of non-ortho nitro benzene ring substituents is 1. The van der Waals surface area contributed by atoms with Crippen LogP contribution >= 0.6 is 22.9 Å². The number of nitro groups is 1. The maximum atomic E-state index is 10.9. The number of carbonyl (C=O) groups is 1. The van der Waals surface area contributed by atoms with E-state index in [0.717, 1.165) is 11.3 Å². The molecule has 0 N–H and O–H groups in total. The molecule has 0 aliphatic carbocycles. The first kappa shape index (κ1) is 12.5. The van der Waals surface area contributed by atoms with Gasteiger partial charge in [0.25, 0.3) is 5.69 Å². The van der Waals surface area contributed by atoms with Crippen molar-refractivity contribution in [3.63, 3.8) is 0 Å². The molecule has 2 rings (SSSR count). The Kier molecular flexibility index (Phi) is 3.31. The molecule has 0 aliphatic heterocycles. The molecular formula is C11H5ClNO4S-. The summed E-state index contributed by atoms with van der Waals surface area (Å²) < 4.78 is 0.322. The molecule has 92 valence electrons. The first-order valence-corrected chi connectivity index (χ1v) is 5.94. The molecule has 0 atom stereocenters. The van der Waals surface area contributed by atoms with Crippen LogP contribution in [0.4, 0.5) is 5.69 Å². The molecule has 0 saturated heterocycles. The van der Waals surface area contributed by atoms with Crippen LogP contribution in [0.15, 0.2) is 30.3 Å². The SMILES string of the molecule is O=C([O-])c1sc(Cl)cc1-c1ccc([N+](=O)[O-])cc1. The van der Waals surface area contributed by atoms with Crippen LogP contribution in [0.1, 0.15) is 9.67 Å². The summed E-state index contributed by atoms with van der Waals surface area (Å²) in [4.78, 5) is 20.9. The summed E-state index contributed by atoms with van der Waals surface area (Å²) >= 11 is 6.66. The lowest BCUT2D eigenvalue weighted by atomic mass is 10.1. The minimum absolute atomic E-state index is 0.00820. The van der Waals surface area contributed by atoms with Crippen LogP contribution in [0.5, 0.6) is 0 Å². The van der Waals surface area contributed by atoms with Gasteiger partial charge in [0.15, 0.2) is 0 Å². The standard InChI is InChI=1S/C11H6ClNO4S/c12-9-5-8(10(18-9)11(14)15)6-1-3-7(4-2-6)13(16)17/h1-5H,(H,14,15)/p-1. The van der Waals surface area contributed by atoms with E-state index in [1.165, 1.54) is 30.3 Å². The van der Waals surface area contributed by atoms with E-state index in [0.29, 0.717) is 15.5 Å². The van der Waals surface area contributed by atoms with E-state index in [1.807, 2.05) is 0 Å². The highest BCUT2D eigenvalue weighted by Gasteiger charge is 2.12. The van der Waals surface area contributed by atoms with Crippen LogP contribution < -0.4 is 5.11 Å². The van der Waals surface area contributed by atoms with Gasteiger partial charge in [-0.25, -0.2) is 0 Å². The number of hydrogen-bond donors (Lipinski definition) is 0. The van der Waals surface area contributed by atoms with Crippen LogP contribution in [-0.2, 0) is 0 Å². The number of rotatable bonds is 3. The number of thiophene rings is 1. The minimum Gasteiger partial charge on any atom is -0.544 e. The van der Waals surface area contributed by atoms with Crippen molar-refractivity contribution in [3.8, 4) is 11.1 Å². The molecule has 0 aliphatic rings. The van der Waals surface area contributed by atoms with Crippen molar-refractivity contribution in [1.82, 2.24) is 0 Å². The zero-order valence-corrected chi connectivity index (χ0v) is 10.3. The third-order valence-electron chi connectivity index (χ3n) is 2.28. The highest BCUT2D eigenvalue weighted by Crippen LogP contribution is 2.34. The number of carbonyl (C=O) groups excluding carboxylic acids is 1. The minimum atomic E-state index is -1.32.